The summed E-state index contributed by atoms with van der Waals surface area (Å²) in [5.41, 5.74) is 3.11. The lowest BCUT2D eigenvalue weighted by molar-refractivity contribution is 0.838. The first kappa shape index (κ1) is 7.17. The van der Waals surface area contributed by atoms with Gasteiger partial charge >= 0.3 is 0 Å². The Kier molecular flexibility index (Phi) is 1.51. The van der Waals surface area contributed by atoms with E-state index < -0.39 is 0 Å². The number of nitriles is 1. The van der Waals surface area contributed by atoms with Gasteiger partial charge in [-0.25, -0.2) is 0 Å². The molecule has 1 heterocycles. The first-order valence-electron chi connectivity index (χ1n) is 4.10. The second kappa shape index (κ2) is 2.53. The van der Waals surface area contributed by atoms with Crippen molar-refractivity contribution in [3.05, 3.63) is 29.3 Å². The summed E-state index contributed by atoms with van der Waals surface area (Å²) in [7, 11) is 0. The van der Waals surface area contributed by atoms with Gasteiger partial charge in [0.05, 0.1) is 11.6 Å². The number of nitrogens with one attached hydrogen (secondary N) is 1. The van der Waals surface area contributed by atoms with Gasteiger partial charge in [0.15, 0.2) is 0 Å². The fraction of sp³-hybridized carbons (Fsp3) is 0.300. The van der Waals surface area contributed by atoms with Crippen molar-refractivity contribution in [2.75, 3.05) is 5.32 Å². The van der Waals surface area contributed by atoms with Crippen molar-refractivity contribution in [2.24, 2.45) is 0 Å². The fourth-order valence-corrected chi connectivity index (χ4v) is 1.67. The van der Waals surface area contributed by atoms with Gasteiger partial charge in [0.25, 0.3) is 0 Å². The zero-order valence-corrected chi connectivity index (χ0v) is 6.96. The summed E-state index contributed by atoms with van der Waals surface area (Å²) in [6, 6.07) is 8.50. The number of rotatable bonds is 0. The molecule has 1 aromatic rings. The molecule has 0 fully saturated rings. The largest absolute Gasteiger partial charge is 0.382 e. The minimum atomic E-state index is 0.467. The molecule has 0 spiro atoms. The summed E-state index contributed by atoms with van der Waals surface area (Å²) in [4.78, 5) is 0. The molecule has 60 valence electrons. The summed E-state index contributed by atoms with van der Waals surface area (Å²) in [5, 5.41) is 12.1. The molecule has 0 radical (unpaired) electrons. The van der Waals surface area contributed by atoms with Crippen LogP contribution in [0.15, 0.2) is 18.2 Å². The van der Waals surface area contributed by atoms with Crippen LogP contribution in [0.1, 0.15) is 18.1 Å². The van der Waals surface area contributed by atoms with Crippen LogP contribution in [-0.2, 0) is 6.42 Å². The van der Waals surface area contributed by atoms with Crippen molar-refractivity contribution in [2.45, 2.75) is 19.4 Å². The maximum absolute atomic E-state index is 8.81. The van der Waals surface area contributed by atoms with E-state index in [0.717, 1.165) is 17.7 Å². The Bertz CT molecular complexity index is 349. The monoisotopic (exact) mass is 158 g/mol. The molecule has 1 N–H and O–H groups in total. The molecule has 1 atom stereocenters. The van der Waals surface area contributed by atoms with Crippen LogP contribution in [-0.4, -0.2) is 6.04 Å². The smallest absolute Gasteiger partial charge is 0.0995 e. The maximum Gasteiger partial charge on any atom is 0.0995 e. The van der Waals surface area contributed by atoms with Crippen molar-refractivity contribution in [1.82, 2.24) is 0 Å². The van der Waals surface area contributed by atoms with Gasteiger partial charge in [-0.1, -0.05) is 6.07 Å². The summed E-state index contributed by atoms with van der Waals surface area (Å²) < 4.78 is 0. The first-order chi connectivity index (χ1) is 5.81. The van der Waals surface area contributed by atoms with Crippen molar-refractivity contribution < 1.29 is 0 Å². The Morgan fingerprint density at radius 2 is 2.42 bits per heavy atom. The van der Waals surface area contributed by atoms with Crippen LogP contribution in [0.5, 0.6) is 0 Å². The molecular weight excluding hydrogens is 148 g/mol. The zero-order valence-electron chi connectivity index (χ0n) is 6.96. The number of hydrogen-bond donors (Lipinski definition) is 1. The normalized spacial score (nSPS) is 19.5. The molecule has 0 saturated carbocycles. The molecule has 2 heteroatoms. The Balaban J connectivity index is 2.53. The topological polar surface area (TPSA) is 35.8 Å². The van der Waals surface area contributed by atoms with Crippen molar-refractivity contribution >= 4 is 5.69 Å². The number of benzene rings is 1. The molecule has 1 aliphatic heterocycles. The average Bonchev–Trinajstić information content (AvgIpc) is 2.44. The summed E-state index contributed by atoms with van der Waals surface area (Å²) in [6.07, 6.45) is 0.971. The number of nitrogens with zero attached hydrogens (tertiary/aromatic N) is 1. The van der Waals surface area contributed by atoms with Gasteiger partial charge in [0.1, 0.15) is 0 Å². The third-order valence-corrected chi connectivity index (χ3v) is 2.21. The molecular formula is C10H10N2. The van der Waals surface area contributed by atoms with E-state index in [1.54, 1.807) is 0 Å². The highest BCUT2D eigenvalue weighted by Gasteiger charge is 2.18. The molecule has 12 heavy (non-hydrogen) atoms. The van der Waals surface area contributed by atoms with E-state index in [0.29, 0.717) is 6.04 Å². The Hall–Kier alpha value is -1.49. The second-order valence-corrected chi connectivity index (χ2v) is 3.19. The number of hydrogen-bond acceptors (Lipinski definition) is 2. The number of fused-ring (bicyclic) bond motifs is 1. The molecule has 0 aliphatic carbocycles. The van der Waals surface area contributed by atoms with E-state index in [-0.39, 0.29) is 0 Å². The Morgan fingerprint density at radius 1 is 1.58 bits per heavy atom. The van der Waals surface area contributed by atoms with E-state index >= 15 is 0 Å². The highest BCUT2D eigenvalue weighted by molar-refractivity contribution is 5.62. The SMILES string of the molecule is C[C@H]1Cc2c(C#N)cccc2N1. The third kappa shape index (κ3) is 0.947. The van der Waals surface area contributed by atoms with E-state index in [4.69, 9.17) is 5.26 Å². The van der Waals surface area contributed by atoms with Crippen LogP contribution in [0.3, 0.4) is 0 Å². The van der Waals surface area contributed by atoms with E-state index in [2.05, 4.69) is 18.3 Å². The van der Waals surface area contributed by atoms with Gasteiger partial charge in [0, 0.05) is 11.7 Å². The Labute approximate surface area is 71.8 Å². The molecule has 1 aromatic carbocycles. The lowest BCUT2D eigenvalue weighted by atomic mass is 10.0. The predicted octanol–water partition coefficient (Wildman–Crippen LogP) is 1.91. The van der Waals surface area contributed by atoms with Crippen molar-refractivity contribution in [3.63, 3.8) is 0 Å². The minimum absolute atomic E-state index is 0.467. The van der Waals surface area contributed by atoms with Gasteiger partial charge in [-0.2, -0.15) is 5.26 Å². The lowest BCUT2D eigenvalue weighted by Gasteiger charge is -2.00. The van der Waals surface area contributed by atoms with Gasteiger partial charge < -0.3 is 5.32 Å². The van der Waals surface area contributed by atoms with Crippen molar-refractivity contribution in [1.29, 1.82) is 5.26 Å². The highest BCUT2D eigenvalue weighted by atomic mass is 14.9. The molecule has 1 aliphatic rings. The van der Waals surface area contributed by atoms with E-state index in [9.17, 15) is 0 Å². The molecule has 0 amide bonds. The van der Waals surface area contributed by atoms with Crippen LogP contribution in [0.25, 0.3) is 0 Å². The predicted molar refractivity (Wildman–Crippen MR) is 47.9 cm³/mol. The van der Waals surface area contributed by atoms with Crippen LogP contribution < -0.4 is 5.32 Å². The van der Waals surface area contributed by atoms with E-state index in [1.165, 1.54) is 5.56 Å². The highest BCUT2D eigenvalue weighted by Crippen LogP contribution is 2.27. The summed E-state index contributed by atoms with van der Waals surface area (Å²) >= 11 is 0. The quantitative estimate of drug-likeness (QED) is 0.626. The standard InChI is InChI=1S/C10H10N2/c1-7-5-9-8(6-11)3-2-4-10(9)12-7/h2-4,7,12H,5H2,1H3/t7-/m0/s1. The molecule has 2 nitrogen and oxygen atoms in total. The molecule has 2 rings (SSSR count). The van der Waals surface area contributed by atoms with Crippen LogP contribution >= 0.6 is 0 Å². The summed E-state index contributed by atoms with van der Waals surface area (Å²) in [5.74, 6) is 0. The molecule has 0 unspecified atom stereocenters. The van der Waals surface area contributed by atoms with Crippen molar-refractivity contribution in [3.8, 4) is 6.07 Å². The number of anilines is 1. The zero-order chi connectivity index (χ0) is 8.55. The molecule has 0 saturated heterocycles. The van der Waals surface area contributed by atoms with Gasteiger partial charge in [-0.3, -0.25) is 0 Å². The van der Waals surface area contributed by atoms with Gasteiger partial charge in [0.2, 0.25) is 0 Å². The molecule has 0 bridgehead atoms. The Morgan fingerprint density at radius 3 is 3.17 bits per heavy atom. The van der Waals surface area contributed by atoms with Crippen LogP contribution in [0.2, 0.25) is 0 Å². The maximum atomic E-state index is 8.81. The van der Waals surface area contributed by atoms with E-state index in [1.807, 2.05) is 18.2 Å². The van der Waals surface area contributed by atoms with Crippen LogP contribution in [0, 0.1) is 11.3 Å². The second-order valence-electron chi connectivity index (χ2n) is 3.19. The summed E-state index contributed by atoms with van der Waals surface area (Å²) in [6.45, 7) is 2.13. The van der Waals surface area contributed by atoms with Crippen LogP contribution in [0.4, 0.5) is 5.69 Å². The minimum Gasteiger partial charge on any atom is -0.382 e. The lowest BCUT2D eigenvalue weighted by Crippen LogP contribution is -2.08. The first-order valence-corrected chi connectivity index (χ1v) is 4.10. The third-order valence-electron chi connectivity index (χ3n) is 2.21. The van der Waals surface area contributed by atoms with Gasteiger partial charge in [-0.15, -0.1) is 0 Å². The fourth-order valence-electron chi connectivity index (χ4n) is 1.67. The van der Waals surface area contributed by atoms with Gasteiger partial charge in [-0.05, 0) is 31.0 Å². The molecule has 0 aromatic heterocycles. The average molecular weight is 158 g/mol.